The van der Waals surface area contributed by atoms with Crippen LogP contribution in [0.3, 0.4) is 0 Å². The Morgan fingerprint density at radius 3 is 2.43 bits per heavy atom. The SMILES string of the molecule is Cn1cc(NS(=O)(=O)c2ccc(C(=O)NCC(=O)O)cc2)nn1. The molecule has 0 aliphatic heterocycles. The highest BCUT2D eigenvalue weighted by Crippen LogP contribution is 2.14. The van der Waals surface area contributed by atoms with E-state index in [1.165, 1.54) is 35.1 Å². The Hall–Kier alpha value is -2.95. The number of carboxylic acids is 1. The molecule has 1 aromatic carbocycles. The van der Waals surface area contributed by atoms with E-state index in [1.807, 2.05) is 0 Å². The van der Waals surface area contributed by atoms with Crippen molar-refractivity contribution in [2.75, 3.05) is 11.3 Å². The normalized spacial score (nSPS) is 11.0. The molecule has 11 heteroatoms. The highest BCUT2D eigenvalue weighted by Gasteiger charge is 2.16. The predicted octanol–water partition coefficient (Wildman–Crippen LogP) is -0.570. The van der Waals surface area contributed by atoms with Crippen molar-refractivity contribution in [2.24, 2.45) is 7.05 Å². The van der Waals surface area contributed by atoms with Crippen LogP contribution in [-0.4, -0.2) is 46.9 Å². The standard InChI is InChI=1S/C12H13N5O5S/c1-17-7-10(14-16-17)15-23(21,22)9-4-2-8(3-5-9)12(20)13-6-11(18)19/h2-5,7,15H,6H2,1H3,(H,13,20)(H,18,19). The molecule has 2 aromatic rings. The smallest absolute Gasteiger partial charge is 0.322 e. The van der Waals surface area contributed by atoms with Crippen LogP contribution in [0, 0.1) is 0 Å². The topological polar surface area (TPSA) is 143 Å². The number of nitrogens with one attached hydrogen (secondary N) is 2. The average Bonchev–Trinajstić information content (AvgIpc) is 2.89. The Morgan fingerprint density at radius 1 is 1.26 bits per heavy atom. The summed E-state index contributed by atoms with van der Waals surface area (Å²) < 4.78 is 27.9. The van der Waals surface area contributed by atoms with Crippen LogP contribution in [0.25, 0.3) is 0 Å². The summed E-state index contributed by atoms with van der Waals surface area (Å²) in [5.74, 6) is -1.72. The Kier molecular flexibility index (Phi) is 4.60. The molecule has 1 amide bonds. The fourth-order valence-electron chi connectivity index (χ4n) is 1.63. The van der Waals surface area contributed by atoms with Gasteiger partial charge in [0.25, 0.3) is 15.9 Å². The highest BCUT2D eigenvalue weighted by molar-refractivity contribution is 7.92. The Bertz CT molecular complexity index is 828. The molecule has 0 radical (unpaired) electrons. The predicted molar refractivity (Wildman–Crippen MR) is 78.2 cm³/mol. The van der Waals surface area contributed by atoms with Crippen molar-refractivity contribution < 1.29 is 23.1 Å². The van der Waals surface area contributed by atoms with Gasteiger partial charge in [-0.2, -0.15) is 0 Å². The van der Waals surface area contributed by atoms with Crippen molar-refractivity contribution in [3.05, 3.63) is 36.0 Å². The lowest BCUT2D eigenvalue weighted by atomic mass is 10.2. The first-order chi connectivity index (χ1) is 10.8. The second-order valence-electron chi connectivity index (χ2n) is 4.48. The molecule has 0 fully saturated rings. The van der Waals surface area contributed by atoms with Gasteiger partial charge >= 0.3 is 5.97 Å². The van der Waals surface area contributed by atoms with Gasteiger partial charge in [-0.3, -0.25) is 19.0 Å². The fourth-order valence-corrected chi connectivity index (χ4v) is 2.62. The first-order valence-corrected chi connectivity index (χ1v) is 7.75. The summed E-state index contributed by atoms with van der Waals surface area (Å²) in [5, 5.41) is 17.9. The number of carbonyl (C=O) groups excluding carboxylic acids is 1. The lowest BCUT2D eigenvalue weighted by molar-refractivity contribution is -0.135. The van der Waals surface area contributed by atoms with Gasteiger partial charge in [-0.15, -0.1) is 5.10 Å². The molecule has 23 heavy (non-hydrogen) atoms. The molecule has 2 rings (SSSR count). The number of carbonyl (C=O) groups is 2. The first kappa shape index (κ1) is 16.4. The maximum atomic E-state index is 12.1. The third-order valence-corrected chi connectivity index (χ3v) is 4.04. The maximum Gasteiger partial charge on any atom is 0.322 e. The summed E-state index contributed by atoms with van der Waals surface area (Å²) in [4.78, 5) is 22.0. The number of aromatic nitrogens is 3. The number of rotatable bonds is 6. The van der Waals surface area contributed by atoms with Crippen LogP contribution in [0.1, 0.15) is 10.4 Å². The van der Waals surface area contributed by atoms with E-state index in [-0.39, 0.29) is 16.3 Å². The molecule has 3 N–H and O–H groups in total. The van der Waals surface area contributed by atoms with Gasteiger partial charge in [-0.05, 0) is 24.3 Å². The summed E-state index contributed by atoms with van der Waals surface area (Å²) in [6.07, 6.45) is 1.39. The minimum absolute atomic E-state index is 0.0655. The molecule has 1 heterocycles. The molecule has 122 valence electrons. The molecule has 0 unspecified atom stereocenters. The monoisotopic (exact) mass is 339 g/mol. The second kappa shape index (κ2) is 6.44. The van der Waals surface area contributed by atoms with Crippen molar-refractivity contribution in [1.82, 2.24) is 20.3 Å². The van der Waals surface area contributed by atoms with Gasteiger partial charge < -0.3 is 10.4 Å². The van der Waals surface area contributed by atoms with E-state index in [9.17, 15) is 18.0 Å². The quantitative estimate of drug-likeness (QED) is 0.639. The van der Waals surface area contributed by atoms with Gasteiger partial charge in [0.05, 0.1) is 11.1 Å². The van der Waals surface area contributed by atoms with Crippen LogP contribution in [-0.2, 0) is 21.9 Å². The highest BCUT2D eigenvalue weighted by atomic mass is 32.2. The third-order valence-electron chi connectivity index (χ3n) is 2.67. The number of sulfonamides is 1. The Labute approximate surface area is 131 Å². The number of aliphatic carboxylic acids is 1. The lowest BCUT2D eigenvalue weighted by Crippen LogP contribution is -2.29. The zero-order valence-electron chi connectivity index (χ0n) is 11.9. The second-order valence-corrected chi connectivity index (χ2v) is 6.17. The fraction of sp³-hybridized carbons (Fsp3) is 0.167. The molecule has 0 bridgehead atoms. The lowest BCUT2D eigenvalue weighted by Gasteiger charge is -2.06. The van der Waals surface area contributed by atoms with Crippen LogP contribution in [0.4, 0.5) is 5.82 Å². The number of hydrogen-bond acceptors (Lipinski definition) is 6. The molecule has 0 atom stereocenters. The van der Waals surface area contributed by atoms with Crippen LogP contribution in [0.15, 0.2) is 35.4 Å². The summed E-state index contributed by atoms with van der Waals surface area (Å²) in [6, 6.07) is 5.02. The molecule has 10 nitrogen and oxygen atoms in total. The van der Waals surface area contributed by atoms with Crippen molar-refractivity contribution in [3.63, 3.8) is 0 Å². The number of hydrogen-bond donors (Lipinski definition) is 3. The molecular formula is C12H13N5O5S. The van der Waals surface area contributed by atoms with E-state index in [1.54, 1.807) is 7.05 Å². The van der Waals surface area contributed by atoms with Crippen LogP contribution in [0.2, 0.25) is 0 Å². The van der Waals surface area contributed by atoms with E-state index >= 15 is 0 Å². The number of carboxylic acid groups (broad SMARTS) is 1. The number of benzene rings is 1. The van der Waals surface area contributed by atoms with Crippen molar-refractivity contribution in [3.8, 4) is 0 Å². The minimum atomic E-state index is -3.86. The van der Waals surface area contributed by atoms with Gasteiger partial charge in [0.1, 0.15) is 6.54 Å². The van der Waals surface area contributed by atoms with Gasteiger partial charge in [-0.1, -0.05) is 5.21 Å². The number of nitrogens with zero attached hydrogens (tertiary/aromatic N) is 3. The zero-order valence-corrected chi connectivity index (χ0v) is 12.7. The molecule has 0 aliphatic carbocycles. The Balaban J connectivity index is 2.11. The van der Waals surface area contributed by atoms with Crippen LogP contribution >= 0.6 is 0 Å². The van der Waals surface area contributed by atoms with Crippen molar-refractivity contribution >= 4 is 27.7 Å². The van der Waals surface area contributed by atoms with E-state index < -0.39 is 28.4 Å². The van der Waals surface area contributed by atoms with E-state index in [0.29, 0.717) is 0 Å². The summed E-state index contributed by atoms with van der Waals surface area (Å²) in [7, 11) is -2.27. The average molecular weight is 339 g/mol. The van der Waals surface area contributed by atoms with Crippen molar-refractivity contribution in [1.29, 1.82) is 0 Å². The number of amides is 1. The largest absolute Gasteiger partial charge is 0.480 e. The van der Waals surface area contributed by atoms with Gasteiger partial charge in [0, 0.05) is 12.6 Å². The summed E-state index contributed by atoms with van der Waals surface area (Å²) >= 11 is 0. The van der Waals surface area contributed by atoms with Crippen LogP contribution in [0.5, 0.6) is 0 Å². The molecule has 1 aromatic heterocycles. The number of anilines is 1. The first-order valence-electron chi connectivity index (χ1n) is 6.27. The molecular weight excluding hydrogens is 326 g/mol. The summed E-state index contributed by atoms with van der Waals surface area (Å²) in [5.41, 5.74) is 0.143. The molecule has 0 saturated heterocycles. The van der Waals surface area contributed by atoms with Crippen molar-refractivity contribution in [2.45, 2.75) is 4.90 Å². The molecule has 0 saturated carbocycles. The van der Waals surface area contributed by atoms with Gasteiger partial charge in [0.15, 0.2) is 5.82 Å². The molecule has 0 spiro atoms. The summed E-state index contributed by atoms with van der Waals surface area (Å²) in [6.45, 7) is -0.521. The van der Waals surface area contributed by atoms with Crippen LogP contribution < -0.4 is 10.0 Å². The van der Waals surface area contributed by atoms with E-state index in [0.717, 1.165) is 0 Å². The van der Waals surface area contributed by atoms with E-state index in [4.69, 9.17) is 5.11 Å². The Morgan fingerprint density at radius 2 is 1.91 bits per heavy atom. The van der Waals surface area contributed by atoms with Gasteiger partial charge in [-0.25, -0.2) is 8.42 Å². The van der Waals surface area contributed by atoms with Gasteiger partial charge in [0.2, 0.25) is 0 Å². The minimum Gasteiger partial charge on any atom is -0.480 e. The third kappa shape index (κ3) is 4.26. The number of aryl methyl sites for hydroxylation is 1. The maximum absolute atomic E-state index is 12.1. The van der Waals surface area contributed by atoms with E-state index in [2.05, 4.69) is 20.4 Å². The zero-order chi connectivity index (χ0) is 17.0. The molecule has 0 aliphatic rings.